The van der Waals surface area contributed by atoms with E-state index >= 15 is 0 Å². The molecule has 0 spiro atoms. The zero-order valence-corrected chi connectivity index (χ0v) is 10.3. The standard InChI is InChI=1S/C14H18N2O/c1-11-5-3-4-6-14(11)16(2)10-13-8-7-12(9-15)17-13/h3-8H,9-10,15H2,1-2H3. The molecular formula is C14H18N2O. The number of furan rings is 1. The van der Waals surface area contributed by atoms with Crippen LogP contribution in [0.4, 0.5) is 5.69 Å². The quantitative estimate of drug-likeness (QED) is 0.878. The number of nitrogens with two attached hydrogens (primary N) is 1. The summed E-state index contributed by atoms with van der Waals surface area (Å²) in [6.07, 6.45) is 0. The van der Waals surface area contributed by atoms with Crippen molar-refractivity contribution in [3.8, 4) is 0 Å². The van der Waals surface area contributed by atoms with Crippen LogP contribution in [-0.2, 0) is 13.1 Å². The summed E-state index contributed by atoms with van der Waals surface area (Å²) in [7, 11) is 2.06. The van der Waals surface area contributed by atoms with Crippen molar-refractivity contribution in [2.45, 2.75) is 20.0 Å². The largest absolute Gasteiger partial charge is 0.463 e. The van der Waals surface area contributed by atoms with Gasteiger partial charge in [0, 0.05) is 12.7 Å². The fourth-order valence-electron chi connectivity index (χ4n) is 1.93. The van der Waals surface area contributed by atoms with Gasteiger partial charge >= 0.3 is 0 Å². The van der Waals surface area contributed by atoms with E-state index in [2.05, 4.69) is 31.0 Å². The average Bonchev–Trinajstić information content (AvgIpc) is 2.77. The lowest BCUT2D eigenvalue weighted by atomic mass is 10.2. The number of anilines is 1. The fourth-order valence-corrected chi connectivity index (χ4v) is 1.93. The molecule has 2 aromatic rings. The summed E-state index contributed by atoms with van der Waals surface area (Å²) in [6.45, 7) is 3.32. The number of nitrogens with zero attached hydrogens (tertiary/aromatic N) is 1. The van der Waals surface area contributed by atoms with Crippen LogP contribution in [0.15, 0.2) is 40.8 Å². The van der Waals surface area contributed by atoms with Crippen LogP contribution in [0.2, 0.25) is 0 Å². The summed E-state index contributed by atoms with van der Waals surface area (Å²) in [4.78, 5) is 2.18. The molecule has 1 aromatic carbocycles. The molecule has 1 heterocycles. The van der Waals surface area contributed by atoms with Crippen molar-refractivity contribution >= 4 is 5.69 Å². The second-order valence-electron chi connectivity index (χ2n) is 4.21. The second-order valence-corrected chi connectivity index (χ2v) is 4.21. The molecule has 90 valence electrons. The summed E-state index contributed by atoms with van der Waals surface area (Å²) in [5.74, 6) is 1.77. The highest BCUT2D eigenvalue weighted by Crippen LogP contribution is 2.20. The van der Waals surface area contributed by atoms with Gasteiger partial charge in [-0.25, -0.2) is 0 Å². The molecule has 0 unspecified atom stereocenters. The molecule has 0 bridgehead atoms. The highest BCUT2D eigenvalue weighted by Gasteiger charge is 2.07. The molecule has 0 radical (unpaired) electrons. The first-order valence-corrected chi connectivity index (χ1v) is 5.75. The maximum atomic E-state index is 5.60. The van der Waals surface area contributed by atoms with Crippen molar-refractivity contribution in [2.24, 2.45) is 5.73 Å². The molecule has 0 amide bonds. The molecular weight excluding hydrogens is 212 g/mol. The molecule has 17 heavy (non-hydrogen) atoms. The van der Waals surface area contributed by atoms with Gasteiger partial charge in [-0.3, -0.25) is 0 Å². The van der Waals surface area contributed by atoms with Crippen LogP contribution in [0.3, 0.4) is 0 Å². The van der Waals surface area contributed by atoms with E-state index in [-0.39, 0.29) is 0 Å². The summed E-state index contributed by atoms with van der Waals surface area (Å²) >= 11 is 0. The van der Waals surface area contributed by atoms with E-state index in [1.165, 1.54) is 11.3 Å². The number of aryl methyl sites for hydroxylation is 1. The van der Waals surface area contributed by atoms with E-state index in [4.69, 9.17) is 10.2 Å². The summed E-state index contributed by atoms with van der Waals surface area (Å²) in [6, 6.07) is 12.2. The van der Waals surface area contributed by atoms with Gasteiger partial charge in [-0.05, 0) is 30.7 Å². The summed E-state index contributed by atoms with van der Waals surface area (Å²) < 4.78 is 5.60. The van der Waals surface area contributed by atoms with E-state index in [0.717, 1.165) is 18.1 Å². The van der Waals surface area contributed by atoms with Crippen molar-refractivity contribution in [1.29, 1.82) is 0 Å². The third kappa shape index (κ3) is 2.68. The predicted octanol–water partition coefficient (Wildman–Crippen LogP) is 2.68. The molecule has 1 aromatic heterocycles. The lowest BCUT2D eigenvalue weighted by molar-refractivity contribution is 0.465. The van der Waals surface area contributed by atoms with Gasteiger partial charge in [0.25, 0.3) is 0 Å². The topological polar surface area (TPSA) is 42.4 Å². The van der Waals surface area contributed by atoms with Crippen LogP contribution < -0.4 is 10.6 Å². The molecule has 0 aliphatic heterocycles. The SMILES string of the molecule is Cc1ccccc1N(C)Cc1ccc(CN)o1. The van der Waals surface area contributed by atoms with Gasteiger partial charge in [0.15, 0.2) is 0 Å². The summed E-state index contributed by atoms with van der Waals surface area (Å²) in [5, 5.41) is 0. The van der Waals surface area contributed by atoms with Gasteiger partial charge in [0.2, 0.25) is 0 Å². The minimum absolute atomic E-state index is 0.452. The zero-order valence-electron chi connectivity index (χ0n) is 10.3. The van der Waals surface area contributed by atoms with Gasteiger partial charge < -0.3 is 15.1 Å². The molecule has 2 rings (SSSR count). The minimum Gasteiger partial charge on any atom is -0.463 e. The van der Waals surface area contributed by atoms with Gasteiger partial charge in [-0.15, -0.1) is 0 Å². The highest BCUT2D eigenvalue weighted by molar-refractivity contribution is 5.52. The van der Waals surface area contributed by atoms with Crippen molar-refractivity contribution < 1.29 is 4.42 Å². The average molecular weight is 230 g/mol. The number of hydrogen-bond acceptors (Lipinski definition) is 3. The Morgan fingerprint density at radius 3 is 2.47 bits per heavy atom. The van der Waals surface area contributed by atoms with Crippen LogP contribution >= 0.6 is 0 Å². The van der Waals surface area contributed by atoms with Gasteiger partial charge in [-0.2, -0.15) is 0 Å². The van der Waals surface area contributed by atoms with Gasteiger partial charge in [-0.1, -0.05) is 18.2 Å². The first-order valence-electron chi connectivity index (χ1n) is 5.75. The number of benzene rings is 1. The Morgan fingerprint density at radius 1 is 1.12 bits per heavy atom. The van der Waals surface area contributed by atoms with E-state index in [1.807, 2.05) is 24.3 Å². The first kappa shape index (κ1) is 11.7. The third-order valence-corrected chi connectivity index (χ3v) is 2.84. The molecule has 0 aliphatic carbocycles. The maximum Gasteiger partial charge on any atom is 0.123 e. The van der Waals surface area contributed by atoms with Crippen LogP contribution in [0.1, 0.15) is 17.1 Å². The molecule has 3 heteroatoms. The van der Waals surface area contributed by atoms with Gasteiger partial charge in [0.05, 0.1) is 13.1 Å². The smallest absolute Gasteiger partial charge is 0.123 e. The molecule has 2 N–H and O–H groups in total. The van der Waals surface area contributed by atoms with Gasteiger partial charge in [0.1, 0.15) is 11.5 Å². The predicted molar refractivity (Wildman–Crippen MR) is 69.9 cm³/mol. The molecule has 0 fully saturated rings. The first-order chi connectivity index (χ1) is 8.20. The maximum absolute atomic E-state index is 5.60. The monoisotopic (exact) mass is 230 g/mol. The Hall–Kier alpha value is -1.74. The Kier molecular flexibility index (Phi) is 3.49. The Balaban J connectivity index is 2.11. The lowest BCUT2D eigenvalue weighted by Crippen LogP contribution is -2.16. The highest BCUT2D eigenvalue weighted by atomic mass is 16.3. The molecule has 3 nitrogen and oxygen atoms in total. The molecule has 0 aliphatic rings. The Labute approximate surface area is 102 Å². The number of rotatable bonds is 4. The van der Waals surface area contributed by atoms with E-state index in [9.17, 15) is 0 Å². The minimum atomic E-state index is 0.452. The molecule has 0 saturated carbocycles. The zero-order chi connectivity index (χ0) is 12.3. The Bertz CT molecular complexity index is 490. The van der Waals surface area contributed by atoms with Crippen molar-refractivity contribution in [3.63, 3.8) is 0 Å². The second kappa shape index (κ2) is 5.06. The fraction of sp³-hybridized carbons (Fsp3) is 0.286. The Morgan fingerprint density at radius 2 is 1.82 bits per heavy atom. The molecule has 0 saturated heterocycles. The van der Waals surface area contributed by atoms with Crippen LogP contribution in [0, 0.1) is 6.92 Å². The van der Waals surface area contributed by atoms with E-state index in [0.29, 0.717) is 6.54 Å². The van der Waals surface area contributed by atoms with Crippen LogP contribution in [0.25, 0.3) is 0 Å². The van der Waals surface area contributed by atoms with Crippen molar-refractivity contribution in [2.75, 3.05) is 11.9 Å². The van der Waals surface area contributed by atoms with E-state index < -0.39 is 0 Å². The van der Waals surface area contributed by atoms with Crippen molar-refractivity contribution in [1.82, 2.24) is 0 Å². The van der Waals surface area contributed by atoms with E-state index in [1.54, 1.807) is 0 Å². The lowest BCUT2D eigenvalue weighted by Gasteiger charge is -2.20. The van der Waals surface area contributed by atoms with Crippen LogP contribution in [0.5, 0.6) is 0 Å². The van der Waals surface area contributed by atoms with Crippen LogP contribution in [-0.4, -0.2) is 7.05 Å². The number of hydrogen-bond donors (Lipinski definition) is 1. The third-order valence-electron chi connectivity index (χ3n) is 2.84. The summed E-state index contributed by atoms with van der Waals surface area (Å²) in [5.41, 5.74) is 8.01. The molecule has 0 atom stereocenters. The normalized spacial score (nSPS) is 10.5. The van der Waals surface area contributed by atoms with Crippen molar-refractivity contribution in [3.05, 3.63) is 53.5 Å². The number of para-hydroxylation sites is 1.